The average molecular weight is 349 g/mol. The van der Waals surface area contributed by atoms with E-state index in [0.29, 0.717) is 12.0 Å². The minimum absolute atomic E-state index is 0.158. The first-order valence-corrected chi connectivity index (χ1v) is 6.99. The molecule has 0 aliphatic rings. The quantitative estimate of drug-likeness (QED) is 0.846. The summed E-state index contributed by atoms with van der Waals surface area (Å²) in [6.45, 7) is 1.58. The lowest BCUT2D eigenvalue weighted by Crippen LogP contribution is -2.15. The van der Waals surface area contributed by atoms with Crippen molar-refractivity contribution in [3.05, 3.63) is 45.6 Å². The van der Waals surface area contributed by atoms with E-state index in [4.69, 9.17) is 11.6 Å². The van der Waals surface area contributed by atoms with Gasteiger partial charge in [-0.15, -0.1) is 0 Å². The van der Waals surface area contributed by atoms with E-state index in [9.17, 15) is 22.8 Å². The fourth-order valence-corrected chi connectivity index (χ4v) is 2.78. The number of alkyl halides is 3. The number of nitrogens with zero attached hydrogens (tertiary/aromatic N) is 1. The molecule has 0 fully saturated rings. The predicted octanol–water partition coefficient (Wildman–Crippen LogP) is 4.19. The molecule has 0 saturated carbocycles. The zero-order valence-corrected chi connectivity index (χ0v) is 12.6. The van der Waals surface area contributed by atoms with Crippen molar-refractivity contribution < 1.29 is 22.8 Å². The summed E-state index contributed by atoms with van der Waals surface area (Å²) < 4.78 is 42.2. The van der Waals surface area contributed by atoms with E-state index in [0.717, 1.165) is 23.7 Å². The topological polar surface area (TPSA) is 59.1 Å². The van der Waals surface area contributed by atoms with Gasteiger partial charge in [-0.1, -0.05) is 17.7 Å². The zero-order valence-electron chi connectivity index (χ0n) is 11.0. The van der Waals surface area contributed by atoms with Gasteiger partial charge in [0.05, 0.1) is 27.4 Å². The van der Waals surface area contributed by atoms with Gasteiger partial charge in [-0.05, 0) is 30.6 Å². The summed E-state index contributed by atoms with van der Waals surface area (Å²) in [5.41, 5.74) is -0.829. The highest BCUT2D eigenvalue weighted by Gasteiger charge is 2.34. The van der Waals surface area contributed by atoms with Crippen molar-refractivity contribution in [1.29, 1.82) is 0 Å². The van der Waals surface area contributed by atoms with Gasteiger partial charge < -0.3 is 5.32 Å². The number of hydrogen-bond acceptors (Lipinski definition) is 4. The third-order valence-electron chi connectivity index (χ3n) is 2.80. The number of carbonyl (C=O) groups is 2. The third-order valence-corrected chi connectivity index (χ3v) is 4.08. The largest absolute Gasteiger partial charge is 0.417 e. The summed E-state index contributed by atoms with van der Waals surface area (Å²) in [7, 11) is 0. The van der Waals surface area contributed by atoms with Crippen LogP contribution in [0.2, 0.25) is 5.02 Å². The number of nitrogens with one attached hydrogen (secondary N) is 1. The summed E-state index contributed by atoms with van der Waals surface area (Å²) in [5, 5.41) is 1.82. The molecule has 4 nitrogen and oxygen atoms in total. The number of rotatable bonds is 3. The molecule has 1 aromatic heterocycles. The lowest BCUT2D eigenvalue weighted by atomic mass is 10.1. The summed E-state index contributed by atoms with van der Waals surface area (Å²) in [5.74, 6) is -0.845. The van der Waals surface area contributed by atoms with Gasteiger partial charge in [0.15, 0.2) is 6.29 Å². The maximum Gasteiger partial charge on any atom is 0.417 e. The first-order valence-electron chi connectivity index (χ1n) is 5.84. The molecule has 2 aromatic rings. The number of aromatic nitrogens is 1. The van der Waals surface area contributed by atoms with Crippen molar-refractivity contribution >= 4 is 40.3 Å². The summed E-state index contributed by atoms with van der Waals surface area (Å²) in [6.07, 6.45) is -4.15. The zero-order chi connectivity index (χ0) is 16.5. The molecular formula is C13H8ClF3N2O2S. The molecule has 0 unspecified atom stereocenters. The van der Waals surface area contributed by atoms with Crippen LogP contribution >= 0.6 is 23.1 Å². The number of anilines is 1. The molecule has 22 heavy (non-hydrogen) atoms. The van der Waals surface area contributed by atoms with Crippen LogP contribution in [-0.4, -0.2) is 16.6 Å². The molecule has 0 spiro atoms. The first-order chi connectivity index (χ1) is 10.3. The second-order valence-electron chi connectivity index (χ2n) is 4.25. The lowest BCUT2D eigenvalue weighted by molar-refractivity contribution is -0.137. The Morgan fingerprint density at radius 2 is 2.09 bits per heavy atom. The SMILES string of the molecule is Cc1nsc(NC(=O)c2cccc(C(F)(F)F)c2Cl)c1C=O. The van der Waals surface area contributed by atoms with Crippen LogP contribution in [0.1, 0.15) is 32.0 Å². The van der Waals surface area contributed by atoms with Gasteiger partial charge in [0, 0.05) is 0 Å². The van der Waals surface area contributed by atoms with Crippen molar-refractivity contribution in [2.75, 3.05) is 5.32 Å². The van der Waals surface area contributed by atoms with E-state index < -0.39 is 22.7 Å². The van der Waals surface area contributed by atoms with Crippen LogP contribution in [0.15, 0.2) is 18.2 Å². The molecule has 1 aromatic carbocycles. The molecule has 1 amide bonds. The molecule has 0 atom stereocenters. The molecule has 116 valence electrons. The molecule has 9 heteroatoms. The molecule has 0 bridgehead atoms. The smallest absolute Gasteiger partial charge is 0.312 e. The Morgan fingerprint density at radius 1 is 1.41 bits per heavy atom. The van der Waals surface area contributed by atoms with Crippen molar-refractivity contribution in [2.45, 2.75) is 13.1 Å². The van der Waals surface area contributed by atoms with Gasteiger partial charge in [-0.3, -0.25) is 9.59 Å². The maximum atomic E-state index is 12.8. The van der Waals surface area contributed by atoms with E-state index >= 15 is 0 Å². The van der Waals surface area contributed by atoms with Crippen molar-refractivity contribution in [3.63, 3.8) is 0 Å². The predicted molar refractivity (Wildman–Crippen MR) is 76.6 cm³/mol. The monoisotopic (exact) mass is 348 g/mol. The van der Waals surface area contributed by atoms with Gasteiger partial charge in [-0.25, -0.2) is 0 Å². The fourth-order valence-electron chi connectivity index (χ4n) is 1.70. The average Bonchev–Trinajstić information content (AvgIpc) is 2.77. The second kappa shape index (κ2) is 6.05. The van der Waals surface area contributed by atoms with E-state index in [-0.39, 0.29) is 16.1 Å². The van der Waals surface area contributed by atoms with E-state index in [1.807, 2.05) is 0 Å². The molecule has 0 saturated heterocycles. The summed E-state index contributed by atoms with van der Waals surface area (Å²) in [6, 6.07) is 3.04. The standard InChI is InChI=1S/C13H8ClF3N2O2S/c1-6-8(5-20)12(22-19-6)18-11(21)7-3-2-4-9(10(7)14)13(15,16)17/h2-5H,1H3,(H,18,21). The highest BCUT2D eigenvalue weighted by atomic mass is 35.5. The number of aryl methyl sites for hydroxylation is 1. The Bertz CT molecular complexity index is 743. The minimum atomic E-state index is -4.66. The molecule has 0 aliphatic carbocycles. The number of aldehydes is 1. The van der Waals surface area contributed by atoms with Gasteiger partial charge in [0.2, 0.25) is 0 Å². The Morgan fingerprint density at radius 3 is 2.68 bits per heavy atom. The molecule has 0 aliphatic heterocycles. The Labute approximate surface area is 132 Å². The number of halogens is 4. The van der Waals surface area contributed by atoms with E-state index in [1.54, 1.807) is 6.92 Å². The van der Waals surface area contributed by atoms with Crippen LogP contribution < -0.4 is 5.32 Å². The Balaban J connectivity index is 2.36. The van der Waals surface area contributed by atoms with Gasteiger partial charge in [-0.2, -0.15) is 17.5 Å². The van der Waals surface area contributed by atoms with Crippen molar-refractivity contribution in [3.8, 4) is 0 Å². The molecule has 1 N–H and O–H groups in total. The van der Waals surface area contributed by atoms with Crippen LogP contribution in [0.3, 0.4) is 0 Å². The van der Waals surface area contributed by atoms with Crippen LogP contribution in [0.5, 0.6) is 0 Å². The summed E-state index contributed by atoms with van der Waals surface area (Å²) >= 11 is 6.53. The van der Waals surface area contributed by atoms with Crippen LogP contribution in [0.25, 0.3) is 0 Å². The number of carbonyl (C=O) groups excluding carboxylic acids is 2. The maximum absolute atomic E-state index is 12.8. The van der Waals surface area contributed by atoms with Crippen LogP contribution in [0, 0.1) is 6.92 Å². The number of hydrogen-bond donors (Lipinski definition) is 1. The Kier molecular flexibility index (Phi) is 4.52. The number of benzene rings is 1. The van der Waals surface area contributed by atoms with Crippen LogP contribution in [-0.2, 0) is 6.18 Å². The summed E-state index contributed by atoms with van der Waals surface area (Å²) in [4.78, 5) is 23.0. The van der Waals surface area contributed by atoms with Crippen molar-refractivity contribution in [2.24, 2.45) is 0 Å². The van der Waals surface area contributed by atoms with E-state index in [2.05, 4.69) is 9.69 Å². The molecular weight excluding hydrogens is 341 g/mol. The van der Waals surface area contributed by atoms with Crippen LogP contribution in [0.4, 0.5) is 18.2 Å². The van der Waals surface area contributed by atoms with Gasteiger partial charge in [0.1, 0.15) is 5.00 Å². The third kappa shape index (κ3) is 3.12. The highest BCUT2D eigenvalue weighted by Crippen LogP contribution is 2.36. The van der Waals surface area contributed by atoms with Gasteiger partial charge in [0.25, 0.3) is 5.91 Å². The molecule has 0 radical (unpaired) electrons. The number of amides is 1. The highest BCUT2D eigenvalue weighted by molar-refractivity contribution is 7.10. The first kappa shape index (κ1) is 16.4. The second-order valence-corrected chi connectivity index (χ2v) is 5.40. The Hall–Kier alpha value is -1.93. The normalized spacial score (nSPS) is 11.3. The minimum Gasteiger partial charge on any atom is -0.312 e. The lowest BCUT2D eigenvalue weighted by Gasteiger charge is -2.12. The van der Waals surface area contributed by atoms with Gasteiger partial charge >= 0.3 is 6.18 Å². The fraction of sp³-hybridized carbons (Fsp3) is 0.154. The van der Waals surface area contributed by atoms with Crippen molar-refractivity contribution in [1.82, 2.24) is 4.37 Å². The van der Waals surface area contributed by atoms with E-state index in [1.165, 1.54) is 6.07 Å². The molecule has 1 heterocycles. The molecule has 2 rings (SSSR count).